The second-order valence-electron chi connectivity index (χ2n) is 3.66. The lowest BCUT2D eigenvalue weighted by Gasteiger charge is -2.05. The average molecular weight is 204 g/mol. The van der Waals surface area contributed by atoms with E-state index in [1.807, 2.05) is 19.9 Å². The molecule has 2 heterocycles. The molecule has 2 aromatic heterocycles. The molecule has 0 aliphatic rings. The van der Waals surface area contributed by atoms with Crippen molar-refractivity contribution in [1.29, 1.82) is 0 Å². The molecule has 0 aliphatic heterocycles. The van der Waals surface area contributed by atoms with Crippen LogP contribution in [0.2, 0.25) is 0 Å². The van der Waals surface area contributed by atoms with Gasteiger partial charge >= 0.3 is 5.69 Å². The Balaban J connectivity index is 2.54. The molecule has 0 radical (unpaired) electrons. The minimum atomic E-state index is -0.340. The molecular formula is C11H12N2O2. The number of H-pyrrole nitrogens is 1. The van der Waals surface area contributed by atoms with Crippen molar-refractivity contribution >= 4 is 0 Å². The van der Waals surface area contributed by atoms with E-state index < -0.39 is 0 Å². The Morgan fingerprint density at radius 3 is 2.87 bits per heavy atom. The molecule has 2 aromatic rings. The lowest BCUT2D eigenvalue weighted by atomic mass is 10.1. The number of rotatable bonds is 2. The maximum absolute atomic E-state index is 11.3. The van der Waals surface area contributed by atoms with E-state index in [0.29, 0.717) is 11.5 Å². The summed E-state index contributed by atoms with van der Waals surface area (Å²) in [6.07, 6.45) is 1.56. The highest BCUT2D eigenvalue weighted by molar-refractivity contribution is 5.51. The van der Waals surface area contributed by atoms with Crippen molar-refractivity contribution in [3.63, 3.8) is 0 Å². The van der Waals surface area contributed by atoms with Crippen molar-refractivity contribution in [2.24, 2.45) is 0 Å². The molecule has 0 saturated carbocycles. The van der Waals surface area contributed by atoms with E-state index in [4.69, 9.17) is 4.42 Å². The number of nitrogens with zero attached hydrogens (tertiary/aromatic N) is 1. The molecule has 4 nitrogen and oxygen atoms in total. The molecule has 15 heavy (non-hydrogen) atoms. The SMILES string of the molecule is CC(C)c1cc(-c2ccco2)nc(=O)[nH]1. The van der Waals surface area contributed by atoms with E-state index >= 15 is 0 Å². The zero-order valence-electron chi connectivity index (χ0n) is 8.65. The van der Waals surface area contributed by atoms with Crippen LogP contribution in [-0.4, -0.2) is 9.97 Å². The molecule has 0 spiro atoms. The average Bonchev–Trinajstić information content (AvgIpc) is 2.69. The zero-order chi connectivity index (χ0) is 10.8. The van der Waals surface area contributed by atoms with Gasteiger partial charge in [-0.2, -0.15) is 4.98 Å². The molecule has 4 heteroatoms. The topological polar surface area (TPSA) is 58.9 Å². The number of hydrogen-bond acceptors (Lipinski definition) is 3. The number of nitrogens with one attached hydrogen (secondary N) is 1. The van der Waals surface area contributed by atoms with Crippen molar-refractivity contribution in [3.8, 4) is 11.5 Å². The van der Waals surface area contributed by atoms with Crippen LogP contribution in [0, 0.1) is 0 Å². The van der Waals surface area contributed by atoms with Crippen LogP contribution in [0.4, 0.5) is 0 Å². The summed E-state index contributed by atoms with van der Waals surface area (Å²) in [5.41, 5.74) is 1.10. The molecule has 0 atom stereocenters. The number of aromatic nitrogens is 2. The van der Waals surface area contributed by atoms with E-state index in [1.165, 1.54) is 0 Å². The minimum Gasteiger partial charge on any atom is -0.463 e. The van der Waals surface area contributed by atoms with Crippen LogP contribution in [0.3, 0.4) is 0 Å². The first kappa shape index (κ1) is 9.71. The maximum Gasteiger partial charge on any atom is 0.345 e. The van der Waals surface area contributed by atoms with Gasteiger partial charge in [-0.15, -0.1) is 0 Å². The van der Waals surface area contributed by atoms with Gasteiger partial charge in [0.15, 0.2) is 5.76 Å². The van der Waals surface area contributed by atoms with Crippen LogP contribution in [-0.2, 0) is 0 Å². The van der Waals surface area contributed by atoms with E-state index in [2.05, 4.69) is 9.97 Å². The fraction of sp³-hybridized carbons (Fsp3) is 0.273. The van der Waals surface area contributed by atoms with Crippen LogP contribution in [0.25, 0.3) is 11.5 Å². The quantitative estimate of drug-likeness (QED) is 0.815. The Bertz CT molecular complexity index is 498. The van der Waals surface area contributed by atoms with E-state index in [-0.39, 0.29) is 11.6 Å². The minimum absolute atomic E-state index is 0.259. The molecule has 0 amide bonds. The summed E-state index contributed by atoms with van der Waals surface area (Å²) < 4.78 is 5.19. The van der Waals surface area contributed by atoms with Crippen LogP contribution < -0.4 is 5.69 Å². The van der Waals surface area contributed by atoms with Crippen molar-refractivity contribution in [2.75, 3.05) is 0 Å². The summed E-state index contributed by atoms with van der Waals surface area (Å²) in [5.74, 6) is 0.873. The lowest BCUT2D eigenvalue weighted by Crippen LogP contribution is -2.14. The highest BCUT2D eigenvalue weighted by atomic mass is 16.3. The van der Waals surface area contributed by atoms with Gasteiger partial charge in [-0.05, 0) is 24.1 Å². The normalized spacial score (nSPS) is 10.9. The van der Waals surface area contributed by atoms with Crippen molar-refractivity contribution < 1.29 is 4.42 Å². The lowest BCUT2D eigenvalue weighted by molar-refractivity contribution is 0.579. The summed E-state index contributed by atoms with van der Waals surface area (Å²) >= 11 is 0. The largest absolute Gasteiger partial charge is 0.463 e. The Morgan fingerprint density at radius 2 is 2.27 bits per heavy atom. The van der Waals surface area contributed by atoms with Crippen molar-refractivity contribution in [1.82, 2.24) is 9.97 Å². The van der Waals surface area contributed by atoms with Crippen molar-refractivity contribution in [2.45, 2.75) is 19.8 Å². The molecule has 2 rings (SSSR count). The van der Waals surface area contributed by atoms with Gasteiger partial charge in [0.05, 0.1) is 6.26 Å². The third-order valence-corrected chi connectivity index (χ3v) is 2.16. The summed E-state index contributed by atoms with van der Waals surface area (Å²) in [6, 6.07) is 5.39. The van der Waals surface area contributed by atoms with Gasteiger partial charge in [0.25, 0.3) is 0 Å². The fourth-order valence-electron chi connectivity index (χ4n) is 1.34. The monoisotopic (exact) mass is 204 g/mol. The second kappa shape index (κ2) is 3.73. The third-order valence-electron chi connectivity index (χ3n) is 2.16. The zero-order valence-corrected chi connectivity index (χ0v) is 8.65. The highest BCUT2D eigenvalue weighted by Crippen LogP contribution is 2.19. The number of aromatic amines is 1. The summed E-state index contributed by atoms with van der Waals surface area (Å²) in [5, 5.41) is 0. The Morgan fingerprint density at radius 1 is 1.47 bits per heavy atom. The molecule has 0 bridgehead atoms. The van der Waals surface area contributed by atoms with Gasteiger partial charge in [0, 0.05) is 5.69 Å². The Hall–Kier alpha value is -1.84. The molecule has 0 aliphatic carbocycles. The van der Waals surface area contributed by atoms with Gasteiger partial charge < -0.3 is 9.40 Å². The van der Waals surface area contributed by atoms with Gasteiger partial charge in [0.1, 0.15) is 5.69 Å². The molecular weight excluding hydrogens is 192 g/mol. The molecule has 78 valence electrons. The highest BCUT2D eigenvalue weighted by Gasteiger charge is 2.07. The van der Waals surface area contributed by atoms with E-state index in [1.54, 1.807) is 18.4 Å². The van der Waals surface area contributed by atoms with E-state index in [0.717, 1.165) is 5.69 Å². The number of hydrogen-bond donors (Lipinski definition) is 1. The Kier molecular flexibility index (Phi) is 2.41. The van der Waals surface area contributed by atoms with Crippen LogP contribution in [0.5, 0.6) is 0 Å². The van der Waals surface area contributed by atoms with Crippen LogP contribution >= 0.6 is 0 Å². The first-order valence-corrected chi connectivity index (χ1v) is 4.82. The first-order valence-electron chi connectivity index (χ1n) is 4.82. The maximum atomic E-state index is 11.3. The van der Waals surface area contributed by atoms with Gasteiger partial charge in [-0.3, -0.25) is 0 Å². The van der Waals surface area contributed by atoms with Gasteiger partial charge in [-0.25, -0.2) is 4.79 Å². The second-order valence-corrected chi connectivity index (χ2v) is 3.66. The summed E-state index contributed by atoms with van der Waals surface area (Å²) in [4.78, 5) is 17.9. The predicted octanol–water partition coefficient (Wildman–Crippen LogP) is 2.15. The third kappa shape index (κ3) is 1.98. The van der Waals surface area contributed by atoms with Gasteiger partial charge in [-0.1, -0.05) is 13.8 Å². The standard InChI is InChI=1S/C11H12N2O2/c1-7(2)8-6-9(13-11(14)12-8)10-4-3-5-15-10/h3-7H,1-2H3,(H,12,13,14). The smallest absolute Gasteiger partial charge is 0.345 e. The molecule has 1 N–H and O–H groups in total. The summed E-state index contributed by atoms with van der Waals surface area (Å²) in [6.45, 7) is 4.02. The molecule has 0 unspecified atom stereocenters. The molecule has 0 saturated heterocycles. The fourth-order valence-corrected chi connectivity index (χ4v) is 1.34. The number of furan rings is 1. The van der Waals surface area contributed by atoms with Crippen molar-refractivity contribution in [3.05, 3.63) is 40.6 Å². The predicted molar refractivity (Wildman–Crippen MR) is 56.6 cm³/mol. The molecule has 0 aromatic carbocycles. The van der Waals surface area contributed by atoms with Gasteiger partial charge in [0.2, 0.25) is 0 Å². The van der Waals surface area contributed by atoms with Crippen LogP contribution in [0.1, 0.15) is 25.5 Å². The summed E-state index contributed by atoms with van der Waals surface area (Å²) in [7, 11) is 0. The van der Waals surface area contributed by atoms with E-state index in [9.17, 15) is 4.79 Å². The van der Waals surface area contributed by atoms with Crippen LogP contribution in [0.15, 0.2) is 33.7 Å². The Labute approximate surface area is 87.0 Å². The first-order chi connectivity index (χ1) is 7.16. The molecule has 0 fully saturated rings.